The van der Waals surface area contributed by atoms with Gasteiger partial charge in [0, 0.05) is 0 Å². The Labute approximate surface area is 63.0 Å². The Morgan fingerprint density at radius 3 is 2.89 bits per heavy atom. The molecule has 2 N–H and O–H groups in total. The van der Waals surface area contributed by atoms with E-state index in [0.717, 1.165) is 10.0 Å². The average Bonchev–Trinajstić information content (AvgIpc) is 1.88. The van der Waals surface area contributed by atoms with Gasteiger partial charge in [-0.25, -0.2) is 0 Å². The van der Waals surface area contributed by atoms with Crippen molar-refractivity contribution in [3.05, 3.63) is 23.9 Å². The van der Waals surface area contributed by atoms with Gasteiger partial charge in [-0.2, -0.15) is 0 Å². The van der Waals surface area contributed by atoms with Crippen molar-refractivity contribution in [1.82, 2.24) is 4.98 Å². The Bertz CT molecular complexity index is 200. The standard InChI is InChI=1S/C6H9AsN2/c7-6-3-5(4-8)1-2-9-6/h1-3H,4,7-8H2. The number of aromatic nitrogens is 1. The first-order valence-corrected chi connectivity index (χ1v) is 3.94. The van der Waals surface area contributed by atoms with Gasteiger partial charge in [0.2, 0.25) is 0 Å². The molecule has 0 saturated heterocycles. The molecular formula is C6H9AsN2. The summed E-state index contributed by atoms with van der Waals surface area (Å²) in [5.41, 5.74) is 6.55. The van der Waals surface area contributed by atoms with Crippen LogP contribution in [0, 0.1) is 0 Å². The number of hydrogen-bond acceptors (Lipinski definition) is 2. The number of hydrogen-bond donors (Lipinski definition) is 1. The van der Waals surface area contributed by atoms with Crippen molar-refractivity contribution in [2.45, 2.75) is 6.54 Å². The third-order valence-electron chi connectivity index (χ3n) is 1.08. The second-order valence-corrected chi connectivity index (χ2v) is 3.03. The molecule has 1 atom stereocenters. The van der Waals surface area contributed by atoms with Gasteiger partial charge in [0.25, 0.3) is 0 Å². The number of pyridine rings is 1. The Hall–Kier alpha value is -0.332. The molecule has 0 aliphatic carbocycles. The fourth-order valence-electron chi connectivity index (χ4n) is 0.621. The second kappa shape index (κ2) is 3.00. The van der Waals surface area contributed by atoms with E-state index in [4.69, 9.17) is 5.73 Å². The van der Waals surface area contributed by atoms with E-state index < -0.39 is 0 Å². The summed E-state index contributed by atoms with van der Waals surface area (Å²) in [7, 11) is 0. The van der Waals surface area contributed by atoms with Crippen LogP contribution in [0.15, 0.2) is 18.3 Å². The van der Waals surface area contributed by atoms with E-state index >= 15 is 0 Å². The van der Waals surface area contributed by atoms with Crippen LogP contribution in [-0.2, 0) is 6.54 Å². The molecule has 0 bridgehead atoms. The molecule has 0 fully saturated rings. The van der Waals surface area contributed by atoms with Crippen molar-refractivity contribution in [3.63, 3.8) is 0 Å². The monoisotopic (exact) mass is 184 g/mol. The Morgan fingerprint density at radius 2 is 2.44 bits per heavy atom. The zero-order valence-corrected chi connectivity index (χ0v) is 7.46. The van der Waals surface area contributed by atoms with Crippen molar-refractivity contribution in [2.24, 2.45) is 5.73 Å². The van der Waals surface area contributed by atoms with Crippen molar-refractivity contribution in [1.29, 1.82) is 0 Å². The van der Waals surface area contributed by atoms with Gasteiger partial charge in [-0.1, -0.05) is 0 Å². The third kappa shape index (κ3) is 1.81. The minimum absolute atomic E-state index is 0.611. The van der Waals surface area contributed by atoms with E-state index in [-0.39, 0.29) is 0 Å². The molecule has 2 nitrogen and oxygen atoms in total. The third-order valence-corrected chi connectivity index (χ3v) is 1.74. The van der Waals surface area contributed by atoms with Gasteiger partial charge < -0.3 is 0 Å². The molecule has 9 heavy (non-hydrogen) atoms. The van der Waals surface area contributed by atoms with Crippen LogP contribution >= 0.6 is 0 Å². The van der Waals surface area contributed by atoms with E-state index in [1.807, 2.05) is 12.1 Å². The van der Waals surface area contributed by atoms with Crippen LogP contribution in [0.25, 0.3) is 0 Å². The van der Waals surface area contributed by atoms with Gasteiger partial charge in [-0.15, -0.1) is 0 Å². The molecule has 0 aliphatic heterocycles. The quantitative estimate of drug-likeness (QED) is 0.557. The van der Waals surface area contributed by atoms with Gasteiger partial charge in [-0.3, -0.25) is 0 Å². The molecule has 0 radical (unpaired) electrons. The van der Waals surface area contributed by atoms with Gasteiger partial charge >= 0.3 is 62.5 Å². The minimum atomic E-state index is 0.611. The molecule has 1 rings (SSSR count). The molecule has 1 unspecified atom stereocenters. The zero-order chi connectivity index (χ0) is 6.69. The van der Waals surface area contributed by atoms with Crippen molar-refractivity contribution >= 4 is 21.3 Å². The fourth-order valence-corrected chi connectivity index (χ4v) is 1.25. The Morgan fingerprint density at radius 1 is 1.67 bits per heavy atom. The second-order valence-electron chi connectivity index (χ2n) is 1.79. The predicted molar refractivity (Wildman–Crippen MR) is 40.3 cm³/mol. The van der Waals surface area contributed by atoms with E-state index in [9.17, 15) is 0 Å². The summed E-state index contributed by atoms with van der Waals surface area (Å²) in [5.74, 6) is 0. The van der Waals surface area contributed by atoms with Gasteiger partial charge in [-0.05, 0) is 0 Å². The molecule has 0 aliphatic rings. The van der Waals surface area contributed by atoms with Crippen LogP contribution in [-0.4, -0.2) is 21.8 Å². The van der Waals surface area contributed by atoms with Crippen molar-refractivity contribution in [3.8, 4) is 0 Å². The van der Waals surface area contributed by atoms with Gasteiger partial charge in [0.1, 0.15) is 0 Å². The molecule has 1 aromatic heterocycles. The zero-order valence-electron chi connectivity index (χ0n) is 5.04. The van der Waals surface area contributed by atoms with E-state index in [1.54, 1.807) is 6.20 Å². The van der Waals surface area contributed by atoms with E-state index in [0.29, 0.717) is 6.54 Å². The molecule has 1 aromatic rings. The van der Waals surface area contributed by atoms with Crippen molar-refractivity contribution in [2.75, 3.05) is 0 Å². The van der Waals surface area contributed by atoms with Gasteiger partial charge in [0.15, 0.2) is 0 Å². The van der Waals surface area contributed by atoms with E-state index in [2.05, 4.69) is 4.98 Å². The molecule has 0 saturated carbocycles. The van der Waals surface area contributed by atoms with Crippen LogP contribution in [0.1, 0.15) is 5.56 Å². The molecule has 3 heteroatoms. The summed E-state index contributed by atoms with van der Waals surface area (Å²) in [6.07, 6.45) is 1.79. The summed E-state index contributed by atoms with van der Waals surface area (Å²) >= 11 is 1.53. The van der Waals surface area contributed by atoms with Crippen LogP contribution in [0.5, 0.6) is 0 Å². The summed E-state index contributed by atoms with van der Waals surface area (Å²) in [6, 6.07) is 3.95. The number of rotatable bonds is 1. The van der Waals surface area contributed by atoms with Crippen LogP contribution in [0.4, 0.5) is 0 Å². The Balaban J connectivity index is 2.94. The summed E-state index contributed by atoms with van der Waals surface area (Å²) in [4.78, 5) is 4.06. The first-order chi connectivity index (χ1) is 4.33. The molecule has 48 valence electrons. The van der Waals surface area contributed by atoms with Crippen LogP contribution in [0.2, 0.25) is 0 Å². The summed E-state index contributed by atoms with van der Waals surface area (Å²) in [5, 5.41) is 0. The molecule has 1 heterocycles. The predicted octanol–water partition coefficient (Wildman–Crippen LogP) is -1.20. The summed E-state index contributed by atoms with van der Waals surface area (Å²) in [6.45, 7) is 0.611. The van der Waals surface area contributed by atoms with Gasteiger partial charge in [0.05, 0.1) is 0 Å². The number of nitrogens with two attached hydrogens (primary N) is 1. The van der Waals surface area contributed by atoms with Crippen molar-refractivity contribution < 1.29 is 0 Å². The average molecular weight is 184 g/mol. The summed E-state index contributed by atoms with van der Waals surface area (Å²) < 4.78 is 1.09. The first kappa shape index (κ1) is 6.78. The SMILES string of the molecule is NCc1ccnc([AsH2])c1. The van der Waals surface area contributed by atoms with E-state index in [1.165, 1.54) is 16.9 Å². The number of nitrogens with zero attached hydrogens (tertiary/aromatic N) is 1. The maximum absolute atomic E-state index is 5.40. The normalized spacial score (nSPS) is 9.56. The van der Waals surface area contributed by atoms with Crippen LogP contribution in [0.3, 0.4) is 0 Å². The molecular weight excluding hydrogens is 175 g/mol. The molecule has 0 spiro atoms. The molecule has 0 aromatic carbocycles. The maximum atomic E-state index is 5.40. The molecule has 0 amide bonds. The first-order valence-electron chi connectivity index (χ1n) is 2.73. The van der Waals surface area contributed by atoms with Crippen LogP contribution < -0.4 is 10.2 Å². The Kier molecular flexibility index (Phi) is 2.26. The fraction of sp³-hybridized carbons (Fsp3) is 0.167. The topological polar surface area (TPSA) is 38.9 Å².